The number of hydrogen-bond acceptors (Lipinski definition) is 4. The molecule has 3 rings (SSSR count). The summed E-state index contributed by atoms with van der Waals surface area (Å²) in [5.74, 6) is 0.881. The summed E-state index contributed by atoms with van der Waals surface area (Å²) >= 11 is 7.62. The lowest BCUT2D eigenvalue weighted by atomic mass is 9.78. The number of thiophene rings is 1. The lowest BCUT2D eigenvalue weighted by molar-refractivity contribution is 0.306. The zero-order valence-corrected chi connectivity index (χ0v) is 11.5. The molecule has 1 saturated carbocycles. The van der Waals surface area contributed by atoms with Gasteiger partial charge in [-0.25, -0.2) is 9.97 Å². The van der Waals surface area contributed by atoms with Gasteiger partial charge in [-0.2, -0.15) is 0 Å². The molecule has 3 nitrogen and oxygen atoms in total. The van der Waals surface area contributed by atoms with Gasteiger partial charge in [0.1, 0.15) is 10.6 Å². The van der Waals surface area contributed by atoms with Crippen molar-refractivity contribution in [2.75, 3.05) is 5.32 Å². The smallest absolute Gasteiger partial charge is 0.225 e. The molecule has 0 amide bonds. The molecule has 2 aromatic heterocycles. The Morgan fingerprint density at radius 2 is 2.18 bits per heavy atom. The van der Waals surface area contributed by atoms with E-state index in [1.807, 2.05) is 0 Å². The second kappa shape index (κ2) is 3.82. The van der Waals surface area contributed by atoms with Crippen LogP contribution in [0.3, 0.4) is 0 Å². The standard InChI is InChI=1S/C12H14ClN3S/c1-7-6-8-9(16-12(2)4-3-5-12)14-11(13)15-10(8)17-7/h6H,3-5H2,1-2H3,(H,14,15,16). The van der Waals surface area contributed by atoms with Crippen LogP contribution in [0.5, 0.6) is 0 Å². The highest BCUT2D eigenvalue weighted by Gasteiger charge is 2.32. The summed E-state index contributed by atoms with van der Waals surface area (Å²) in [6.07, 6.45) is 3.67. The predicted molar refractivity (Wildman–Crippen MR) is 73.0 cm³/mol. The second-order valence-electron chi connectivity index (χ2n) is 4.96. The van der Waals surface area contributed by atoms with Gasteiger partial charge in [-0.05, 0) is 50.8 Å². The zero-order chi connectivity index (χ0) is 12.0. The van der Waals surface area contributed by atoms with Gasteiger partial charge < -0.3 is 5.32 Å². The van der Waals surface area contributed by atoms with E-state index < -0.39 is 0 Å². The molecular formula is C12H14ClN3S. The second-order valence-corrected chi connectivity index (χ2v) is 6.53. The first-order valence-corrected chi connectivity index (χ1v) is 6.97. The molecule has 1 aliphatic rings. The summed E-state index contributed by atoms with van der Waals surface area (Å²) in [5.41, 5.74) is 0.181. The van der Waals surface area contributed by atoms with Crippen LogP contribution in [0.1, 0.15) is 31.1 Å². The predicted octanol–water partition coefficient (Wildman–Crippen LogP) is 4.01. The van der Waals surface area contributed by atoms with E-state index in [0.29, 0.717) is 5.28 Å². The van der Waals surface area contributed by atoms with E-state index in [-0.39, 0.29) is 5.54 Å². The van der Waals surface area contributed by atoms with Crippen molar-refractivity contribution in [2.24, 2.45) is 0 Å². The molecule has 1 N–H and O–H groups in total. The Hall–Kier alpha value is -0.870. The van der Waals surface area contributed by atoms with Gasteiger partial charge in [0, 0.05) is 10.4 Å². The molecule has 2 heterocycles. The first kappa shape index (κ1) is 11.2. The number of aryl methyl sites for hydroxylation is 1. The van der Waals surface area contributed by atoms with Crippen molar-refractivity contribution in [1.29, 1.82) is 0 Å². The Morgan fingerprint density at radius 1 is 1.41 bits per heavy atom. The molecule has 2 aromatic rings. The largest absolute Gasteiger partial charge is 0.364 e. The molecule has 0 unspecified atom stereocenters. The van der Waals surface area contributed by atoms with Gasteiger partial charge in [-0.3, -0.25) is 0 Å². The fourth-order valence-electron chi connectivity index (χ4n) is 2.23. The minimum atomic E-state index is 0.181. The van der Waals surface area contributed by atoms with Gasteiger partial charge in [0.05, 0.1) is 5.39 Å². The van der Waals surface area contributed by atoms with Crippen LogP contribution in [0.15, 0.2) is 6.07 Å². The van der Waals surface area contributed by atoms with E-state index in [0.717, 1.165) is 16.0 Å². The molecule has 0 aliphatic heterocycles. The number of anilines is 1. The van der Waals surface area contributed by atoms with Crippen molar-refractivity contribution >= 4 is 39.0 Å². The SMILES string of the molecule is Cc1cc2c(NC3(C)CCC3)nc(Cl)nc2s1. The Balaban J connectivity index is 2.07. The van der Waals surface area contributed by atoms with Crippen LogP contribution in [-0.4, -0.2) is 15.5 Å². The number of aromatic nitrogens is 2. The summed E-state index contributed by atoms with van der Waals surface area (Å²) in [6, 6.07) is 2.13. The van der Waals surface area contributed by atoms with E-state index in [1.165, 1.54) is 24.1 Å². The van der Waals surface area contributed by atoms with Crippen LogP contribution in [0.25, 0.3) is 10.2 Å². The normalized spacial score (nSPS) is 18.1. The minimum Gasteiger partial charge on any atom is -0.364 e. The van der Waals surface area contributed by atoms with Crippen LogP contribution >= 0.6 is 22.9 Å². The molecule has 0 radical (unpaired) electrons. The van der Waals surface area contributed by atoms with E-state index in [1.54, 1.807) is 11.3 Å². The summed E-state index contributed by atoms with van der Waals surface area (Å²) in [6.45, 7) is 4.31. The fraction of sp³-hybridized carbons (Fsp3) is 0.500. The molecule has 90 valence electrons. The summed E-state index contributed by atoms with van der Waals surface area (Å²) < 4.78 is 0. The number of rotatable bonds is 2. The third-order valence-electron chi connectivity index (χ3n) is 3.37. The summed E-state index contributed by atoms with van der Waals surface area (Å²) in [5, 5.41) is 4.93. The fourth-order valence-corrected chi connectivity index (χ4v) is 3.33. The van der Waals surface area contributed by atoms with Crippen molar-refractivity contribution in [2.45, 2.75) is 38.6 Å². The van der Waals surface area contributed by atoms with Crippen molar-refractivity contribution in [3.63, 3.8) is 0 Å². The van der Waals surface area contributed by atoms with Crippen molar-refractivity contribution < 1.29 is 0 Å². The maximum Gasteiger partial charge on any atom is 0.225 e. The molecule has 0 aromatic carbocycles. The van der Waals surface area contributed by atoms with Crippen molar-refractivity contribution in [3.8, 4) is 0 Å². The number of fused-ring (bicyclic) bond motifs is 1. The molecule has 17 heavy (non-hydrogen) atoms. The highest BCUT2D eigenvalue weighted by molar-refractivity contribution is 7.18. The molecule has 5 heteroatoms. The lowest BCUT2D eigenvalue weighted by Gasteiger charge is -2.39. The maximum absolute atomic E-state index is 5.97. The summed E-state index contributed by atoms with van der Waals surface area (Å²) in [7, 11) is 0. The van der Waals surface area contributed by atoms with Gasteiger partial charge in [-0.1, -0.05) is 0 Å². The molecule has 0 saturated heterocycles. The Labute approximate surface area is 109 Å². The third kappa shape index (κ3) is 2.00. The van der Waals surface area contributed by atoms with Gasteiger partial charge in [0.15, 0.2) is 0 Å². The number of halogens is 1. The lowest BCUT2D eigenvalue weighted by Crippen LogP contribution is -2.41. The van der Waals surface area contributed by atoms with Gasteiger partial charge in [-0.15, -0.1) is 11.3 Å². The van der Waals surface area contributed by atoms with Crippen molar-refractivity contribution in [3.05, 3.63) is 16.2 Å². The number of nitrogens with zero attached hydrogens (tertiary/aromatic N) is 2. The van der Waals surface area contributed by atoms with E-state index in [4.69, 9.17) is 11.6 Å². The minimum absolute atomic E-state index is 0.181. The van der Waals surface area contributed by atoms with Crippen LogP contribution < -0.4 is 5.32 Å². The monoisotopic (exact) mass is 267 g/mol. The Morgan fingerprint density at radius 3 is 2.82 bits per heavy atom. The molecular weight excluding hydrogens is 254 g/mol. The first-order chi connectivity index (χ1) is 8.06. The Kier molecular flexibility index (Phi) is 2.52. The van der Waals surface area contributed by atoms with Gasteiger partial charge in [0.2, 0.25) is 5.28 Å². The third-order valence-corrected chi connectivity index (χ3v) is 4.48. The molecule has 0 bridgehead atoms. The molecule has 0 spiro atoms. The van der Waals surface area contributed by atoms with E-state index in [2.05, 4.69) is 35.2 Å². The summed E-state index contributed by atoms with van der Waals surface area (Å²) in [4.78, 5) is 10.8. The van der Waals surface area contributed by atoms with Gasteiger partial charge >= 0.3 is 0 Å². The highest BCUT2D eigenvalue weighted by Crippen LogP contribution is 2.37. The molecule has 0 atom stereocenters. The average Bonchev–Trinajstić information content (AvgIpc) is 2.56. The van der Waals surface area contributed by atoms with Crippen LogP contribution in [-0.2, 0) is 0 Å². The highest BCUT2D eigenvalue weighted by atomic mass is 35.5. The van der Waals surface area contributed by atoms with Gasteiger partial charge in [0.25, 0.3) is 0 Å². The quantitative estimate of drug-likeness (QED) is 0.836. The molecule has 1 aliphatic carbocycles. The number of hydrogen-bond donors (Lipinski definition) is 1. The van der Waals surface area contributed by atoms with Crippen LogP contribution in [0.4, 0.5) is 5.82 Å². The topological polar surface area (TPSA) is 37.8 Å². The maximum atomic E-state index is 5.97. The van der Waals surface area contributed by atoms with Crippen LogP contribution in [0, 0.1) is 6.92 Å². The Bertz CT molecular complexity index is 574. The molecule has 1 fully saturated rings. The number of nitrogens with one attached hydrogen (secondary N) is 1. The van der Waals surface area contributed by atoms with E-state index in [9.17, 15) is 0 Å². The van der Waals surface area contributed by atoms with Crippen LogP contribution in [0.2, 0.25) is 5.28 Å². The first-order valence-electron chi connectivity index (χ1n) is 5.78. The van der Waals surface area contributed by atoms with Crippen molar-refractivity contribution in [1.82, 2.24) is 9.97 Å². The zero-order valence-electron chi connectivity index (χ0n) is 9.88. The van der Waals surface area contributed by atoms with E-state index >= 15 is 0 Å². The average molecular weight is 268 g/mol.